The van der Waals surface area contributed by atoms with Crippen molar-refractivity contribution >= 4 is 46.4 Å². The van der Waals surface area contributed by atoms with Crippen molar-refractivity contribution in [1.29, 1.82) is 5.41 Å². The van der Waals surface area contributed by atoms with Gasteiger partial charge in [-0.15, -0.1) is 0 Å². The summed E-state index contributed by atoms with van der Waals surface area (Å²) in [7, 11) is 0. The number of amides is 1. The Labute approximate surface area is 129 Å². The second-order valence-corrected chi connectivity index (χ2v) is 4.92. The minimum absolute atomic E-state index is 0.0153. The van der Waals surface area contributed by atoms with Gasteiger partial charge < -0.3 is 5.73 Å². The van der Waals surface area contributed by atoms with Crippen LogP contribution in [0.25, 0.3) is 0 Å². The van der Waals surface area contributed by atoms with Gasteiger partial charge >= 0.3 is 0 Å². The lowest BCUT2D eigenvalue weighted by atomic mass is 10.1. The van der Waals surface area contributed by atoms with Gasteiger partial charge in [-0.05, 0) is 12.1 Å². The molecule has 20 heavy (non-hydrogen) atoms. The van der Waals surface area contributed by atoms with Crippen LogP contribution in [0.1, 0.15) is 21.6 Å². The molecule has 0 aliphatic carbocycles. The second-order valence-electron chi connectivity index (χ2n) is 3.75. The zero-order valence-electron chi connectivity index (χ0n) is 9.82. The van der Waals surface area contributed by atoms with Crippen molar-refractivity contribution in [2.75, 3.05) is 0 Å². The molecular formula is C12H7Cl3N4O. The summed E-state index contributed by atoms with van der Waals surface area (Å²) in [5.41, 5.74) is 5.67. The predicted octanol–water partition coefficient (Wildman–Crippen LogP) is 2.95. The van der Waals surface area contributed by atoms with Crippen LogP contribution in [0.4, 0.5) is 0 Å². The quantitative estimate of drug-likeness (QED) is 0.669. The van der Waals surface area contributed by atoms with Gasteiger partial charge in [-0.2, -0.15) is 0 Å². The van der Waals surface area contributed by atoms with Gasteiger partial charge in [0, 0.05) is 18.0 Å². The molecule has 3 N–H and O–H groups in total. The number of hydrogen-bond donors (Lipinski definition) is 2. The average molecular weight is 330 g/mol. The molecule has 0 aliphatic rings. The third-order valence-corrected chi connectivity index (χ3v) is 3.33. The SMILES string of the molecule is N=C(c1ccnc(Cl)c1)c1ncc(Cl)c(C(N)=O)c1Cl. The highest BCUT2D eigenvalue weighted by molar-refractivity contribution is 6.41. The number of carbonyl (C=O) groups is 1. The van der Waals surface area contributed by atoms with Gasteiger partial charge in [-0.3, -0.25) is 15.2 Å². The number of primary amides is 1. The Kier molecular flexibility index (Phi) is 4.23. The molecule has 2 aromatic rings. The van der Waals surface area contributed by atoms with E-state index in [4.69, 9.17) is 45.9 Å². The van der Waals surface area contributed by atoms with Gasteiger partial charge in [0.2, 0.25) is 0 Å². The summed E-state index contributed by atoms with van der Waals surface area (Å²) in [5.74, 6) is -0.788. The summed E-state index contributed by atoms with van der Waals surface area (Å²) >= 11 is 17.6. The second kappa shape index (κ2) is 5.75. The summed E-state index contributed by atoms with van der Waals surface area (Å²) in [6, 6.07) is 3.06. The van der Waals surface area contributed by atoms with E-state index < -0.39 is 5.91 Å². The highest BCUT2D eigenvalue weighted by Crippen LogP contribution is 2.27. The lowest BCUT2D eigenvalue weighted by Crippen LogP contribution is -2.16. The molecule has 1 amide bonds. The normalized spacial score (nSPS) is 10.3. The van der Waals surface area contributed by atoms with Crippen molar-refractivity contribution < 1.29 is 4.79 Å². The molecular weight excluding hydrogens is 323 g/mol. The van der Waals surface area contributed by atoms with Crippen LogP contribution in [0.3, 0.4) is 0 Å². The lowest BCUT2D eigenvalue weighted by Gasteiger charge is -2.09. The molecule has 0 saturated carbocycles. The van der Waals surface area contributed by atoms with Crippen LogP contribution < -0.4 is 5.73 Å². The molecule has 0 atom stereocenters. The van der Waals surface area contributed by atoms with Crippen molar-refractivity contribution in [3.8, 4) is 0 Å². The van der Waals surface area contributed by atoms with Crippen molar-refractivity contribution in [2.45, 2.75) is 0 Å². The average Bonchev–Trinajstić information content (AvgIpc) is 2.37. The number of rotatable bonds is 3. The minimum atomic E-state index is -0.788. The van der Waals surface area contributed by atoms with Gasteiger partial charge in [-0.25, -0.2) is 4.98 Å². The van der Waals surface area contributed by atoms with Gasteiger partial charge in [-0.1, -0.05) is 34.8 Å². The number of nitrogens with two attached hydrogens (primary N) is 1. The van der Waals surface area contributed by atoms with E-state index >= 15 is 0 Å². The van der Waals surface area contributed by atoms with Crippen LogP contribution in [-0.4, -0.2) is 21.6 Å². The molecule has 8 heteroatoms. The summed E-state index contributed by atoms with van der Waals surface area (Å²) in [5, 5.41) is 8.28. The Morgan fingerprint density at radius 2 is 1.95 bits per heavy atom. The minimum Gasteiger partial charge on any atom is -0.366 e. The van der Waals surface area contributed by atoms with E-state index in [1.54, 1.807) is 6.07 Å². The van der Waals surface area contributed by atoms with E-state index in [0.717, 1.165) is 0 Å². The molecule has 0 unspecified atom stereocenters. The first-order valence-corrected chi connectivity index (χ1v) is 6.40. The Morgan fingerprint density at radius 3 is 2.55 bits per heavy atom. The van der Waals surface area contributed by atoms with Crippen LogP contribution in [0.15, 0.2) is 24.5 Å². The van der Waals surface area contributed by atoms with Gasteiger partial charge in [0.15, 0.2) is 0 Å². The zero-order chi connectivity index (χ0) is 14.9. The molecule has 2 rings (SSSR count). The monoisotopic (exact) mass is 328 g/mol. The number of halogens is 3. The fraction of sp³-hybridized carbons (Fsp3) is 0. The van der Waals surface area contributed by atoms with E-state index in [1.165, 1.54) is 18.5 Å². The fourth-order valence-corrected chi connectivity index (χ4v) is 2.36. The number of nitrogens with one attached hydrogen (secondary N) is 1. The molecule has 0 aromatic carbocycles. The van der Waals surface area contributed by atoms with E-state index in [0.29, 0.717) is 5.56 Å². The Bertz CT molecular complexity index is 718. The highest BCUT2D eigenvalue weighted by atomic mass is 35.5. The maximum absolute atomic E-state index is 11.3. The number of hydrogen-bond acceptors (Lipinski definition) is 4. The molecule has 0 saturated heterocycles. The van der Waals surface area contributed by atoms with E-state index in [9.17, 15) is 4.79 Å². The van der Waals surface area contributed by atoms with Crippen molar-refractivity contribution in [3.05, 3.63) is 56.5 Å². The summed E-state index contributed by atoms with van der Waals surface area (Å²) in [6.07, 6.45) is 2.67. The first-order valence-electron chi connectivity index (χ1n) is 5.26. The van der Waals surface area contributed by atoms with E-state index in [2.05, 4.69) is 9.97 Å². The number of pyridine rings is 2. The molecule has 0 bridgehead atoms. The third kappa shape index (κ3) is 2.75. The Morgan fingerprint density at radius 1 is 1.25 bits per heavy atom. The number of carbonyl (C=O) groups excluding carboxylic acids is 1. The van der Waals surface area contributed by atoms with Crippen LogP contribution in [-0.2, 0) is 0 Å². The first-order chi connectivity index (χ1) is 9.41. The first kappa shape index (κ1) is 14.7. The topological polar surface area (TPSA) is 92.7 Å². The summed E-state index contributed by atoms with van der Waals surface area (Å²) < 4.78 is 0. The zero-order valence-corrected chi connectivity index (χ0v) is 12.1. The predicted molar refractivity (Wildman–Crippen MR) is 78.0 cm³/mol. The highest BCUT2D eigenvalue weighted by Gasteiger charge is 2.20. The molecule has 0 fully saturated rings. The van der Waals surface area contributed by atoms with Gasteiger partial charge in [0.25, 0.3) is 5.91 Å². The van der Waals surface area contributed by atoms with Crippen LogP contribution in [0.5, 0.6) is 0 Å². The van der Waals surface area contributed by atoms with E-state index in [1.807, 2.05) is 0 Å². The van der Waals surface area contributed by atoms with Crippen LogP contribution in [0.2, 0.25) is 15.2 Å². The lowest BCUT2D eigenvalue weighted by molar-refractivity contribution is 0.100. The van der Waals surface area contributed by atoms with Crippen molar-refractivity contribution in [1.82, 2.24) is 9.97 Å². The molecule has 2 heterocycles. The van der Waals surface area contributed by atoms with Gasteiger partial charge in [0.1, 0.15) is 10.8 Å². The molecule has 0 aliphatic heterocycles. The molecule has 0 spiro atoms. The summed E-state index contributed by atoms with van der Waals surface area (Å²) in [4.78, 5) is 19.1. The standard InChI is InChI=1S/C12H7Cl3N4O/c13-6-4-19-11(9(15)8(6)12(17)20)10(16)5-1-2-18-7(14)3-5/h1-4,16H,(H2,17,20). The third-order valence-electron chi connectivity index (χ3n) is 2.47. The molecule has 102 valence electrons. The number of aromatic nitrogens is 2. The molecule has 2 aromatic heterocycles. The molecule has 0 radical (unpaired) electrons. The van der Waals surface area contributed by atoms with Crippen LogP contribution in [0, 0.1) is 5.41 Å². The maximum Gasteiger partial charge on any atom is 0.251 e. The van der Waals surface area contributed by atoms with E-state index in [-0.39, 0.29) is 32.2 Å². The van der Waals surface area contributed by atoms with Crippen LogP contribution >= 0.6 is 34.8 Å². The number of nitrogens with zero attached hydrogens (tertiary/aromatic N) is 2. The van der Waals surface area contributed by atoms with Crippen molar-refractivity contribution in [2.24, 2.45) is 5.73 Å². The maximum atomic E-state index is 11.3. The fourth-order valence-electron chi connectivity index (χ4n) is 1.56. The van der Waals surface area contributed by atoms with Gasteiger partial charge in [0.05, 0.1) is 21.3 Å². The van der Waals surface area contributed by atoms with Crippen molar-refractivity contribution in [3.63, 3.8) is 0 Å². The Hall–Kier alpha value is -1.69. The Balaban J connectivity index is 2.56. The molecule has 5 nitrogen and oxygen atoms in total. The summed E-state index contributed by atoms with van der Waals surface area (Å²) in [6.45, 7) is 0. The largest absolute Gasteiger partial charge is 0.366 e. The smallest absolute Gasteiger partial charge is 0.251 e.